The Labute approximate surface area is 119 Å². The average molecular weight is 272 g/mol. The number of nitrogen functional groups attached to an aromatic ring is 1. The summed E-state index contributed by atoms with van der Waals surface area (Å²) in [5.74, 6) is 7.42. The fourth-order valence-corrected chi connectivity index (χ4v) is 1.81. The molecule has 1 aromatic carbocycles. The summed E-state index contributed by atoms with van der Waals surface area (Å²) in [5.41, 5.74) is 3.64. The van der Waals surface area contributed by atoms with Crippen LogP contribution < -0.4 is 16.0 Å². The molecule has 0 aliphatic carbocycles. The van der Waals surface area contributed by atoms with Crippen molar-refractivity contribution in [3.8, 4) is 5.88 Å². The third-order valence-electron chi connectivity index (χ3n) is 2.95. The number of ether oxygens (including phenoxy) is 1. The molecule has 1 heterocycles. The third-order valence-corrected chi connectivity index (χ3v) is 2.95. The number of benzene rings is 1. The standard InChI is InChI=1S/C15H20N4O/c1-10(2)15-17-13(19-16)9-14(18-15)20-11(3)12-7-5-4-6-8-12/h4-11H,16H2,1-3H3,(H,17,18,19). The van der Waals surface area contributed by atoms with Crippen LogP contribution in [0.3, 0.4) is 0 Å². The summed E-state index contributed by atoms with van der Waals surface area (Å²) in [6.07, 6.45) is -0.0864. The lowest BCUT2D eigenvalue weighted by atomic mass is 10.1. The van der Waals surface area contributed by atoms with Gasteiger partial charge in [-0.3, -0.25) is 0 Å². The highest BCUT2D eigenvalue weighted by molar-refractivity contribution is 5.37. The van der Waals surface area contributed by atoms with E-state index in [9.17, 15) is 0 Å². The minimum atomic E-state index is -0.0864. The fraction of sp³-hybridized carbons (Fsp3) is 0.333. The van der Waals surface area contributed by atoms with Crippen molar-refractivity contribution in [1.29, 1.82) is 0 Å². The van der Waals surface area contributed by atoms with Gasteiger partial charge in [-0.2, -0.15) is 4.98 Å². The predicted octanol–water partition coefficient (Wildman–Crippen LogP) is 3.03. The predicted molar refractivity (Wildman–Crippen MR) is 79.4 cm³/mol. The van der Waals surface area contributed by atoms with E-state index in [-0.39, 0.29) is 12.0 Å². The van der Waals surface area contributed by atoms with E-state index in [1.54, 1.807) is 6.07 Å². The molecule has 1 aromatic heterocycles. The molecule has 0 saturated heterocycles. The Morgan fingerprint density at radius 2 is 1.80 bits per heavy atom. The number of nitrogens with zero attached hydrogens (tertiary/aromatic N) is 2. The van der Waals surface area contributed by atoms with E-state index in [1.165, 1.54) is 0 Å². The van der Waals surface area contributed by atoms with Gasteiger partial charge in [0.15, 0.2) is 0 Å². The lowest BCUT2D eigenvalue weighted by molar-refractivity contribution is 0.216. The van der Waals surface area contributed by atoms with E-state index >= 15 is 0 Å². The maximum Gasteiger partial charge on any atom is 0.219 e. The van der Waals surface area contributed by atoms with E-state index in [0.29, 0.717) is 17.5 Å². The summed E-state index contributed by atoms with van der Waals surface area (Å²) >= 11 is 0. The monoisotopic (exact) mass is 272 g/mol. The number of hydrogen-bond donors (Lipinski definition) is 2. The Morgan fingerprint density at radius 1 is 1.10 bits per heavy atom. The smallest absolute Gasteiger partial charge is 0.219 e. The van der Waals surface area contributed by atoms with E-state index < -0.39 is 0 Å². The molecule has 0 aliphatic heterocycles. The first kappa shape index (κ1) is 14.3. The van der Waals surface area contributed by atoms with Gasteiger partial charge in [-0.05, 0) is 12.5 Å². The molecular formula is C15H20N4O. The topological polar surface area (TPSA) is 73.1 Å². The first-order valence-corrected chi connectivity index (χ1v) is 6.67. The second kappa shape index (κ2) is 6.34. The molecule has 0 bridgehead atoms. The Balaban J connectivity index is 2.22. The molecule has 0 fully saturated rings. The molecule has 0 spiro atoms. The van der Waals surface area contributed by atoms with E-state index in [4.69, 9.17) is 10.6 Å². The van der Waals surface area contributed by atoms with Crippen LogP contribution in [0.2, 0.25) is 0 Å². The highest BCUT2D eigenvalue weighted by atomic mass is 16.5. The molecule has 3 N–H and O–H groups in total. The van der Waals surface area contributed by atoms with Crippen LogP contribution in [0.15, 0.2) is 36.4 Å². The molecule has 0 amide bonds. The summed E-state index contributed by atoms with van der Waals surface area (Å²) in [4.78, 5) is 8.72. The second-order valence-corrected chi connectivity index (χ2v) is 4.92. The van der Waals surface area contributed by atoms with Gasteiger partial charge in [0.2, 0.25) is 5.88 Å². The quantitative estimate of drug-likeness (QED) is 0.646. The van der Waals surface area contributed by atoms with Gasteiger partial charge in [0, 0.05) is 12.0 Å². The molecule has 106 valence electrons. The lowest BCUT2D eigenvalue weighted by Gasteiger charge is -2.16. The minimum absolute atomic E-state index is 0.0864. The summed E-state index contributed by atoms with van der Waals surface area (Å²) in [7, 11) is 0. The van der Waals surface area contributed by atoms with E-state index in [0.717, 1.165) is 5.56 Å². The summed E-state index contributed by atoms with van der Waals surface area (Å²) < 4.78 is 5.89. The van der Waals surface area contributed by atoms with Crippen LogP contribution >= 0.6 is 0 Å². The summed E-state index contributed by atoms with van der Waals surface area (Å²) in [6.45, 7) is 6.04. The number of hydrogen-bond acceptors (Lipinski definition) is 5. The molecule has 0 saturated carbocycles. The number of aromatic nitrogens is 2. The fourth-order valence-electron chi connectivity index (χ4n) is 1.81. The molecule has 5 nitrogen and oxygen atoms in total. The third kappa shape index (κ3) is 3.45. The number of nitrogens with one attached hydrogen (secondary N) is 1. The van der Waals surface area contributed by atoms with Gasteiger partial charge in [0.1, 0.15) is 17.7 Å². The zero-order valence-electron chi connectivity index (χ0n) is 12.0. The molecule has 1 atom stereocenters. The van der Waals surface area contributed by atoms with Crippen molar-refractivity contribution in [2.75, 3.05) is 5.43 Å². The number of nitrogens with two attached hydrogens (primary N) is 1. The van der Waals surface area contributed by atoms with Crippen LogP contribution in [-0.2, 0) is 0 Å². The molecule has 20 heavy (non-hydrogen) atoms. The Morgan fingerprint density at radius 3 is 2.40 bits per heavy atom. The Hall–Kier alpha value is -2.14. The van der Waals surface area contributed by atoms with Gasteiger partial charge >= 0.3 is 0 Å². The lowest BCUT2D eigenvalue weighted by Crippen LogP contribution is -2.12. The van der Waals surface area contributed by atoms with Crippen LogP contribution in [0.5, 0.6) is 5.88 Å². The van der Waals surface area contributed by atoms with Crippen molar-refractivity contribution in [1.82, 2.24) is 9.97 Å². The average Bonchev–Trinajstić information content (AvgIpc) is 2.47. The number of hydrazine groups is 1. The van der Waals surface area contributed by atoms with Gasteiger partial charge < -0.3 is 10.2 Å². The van der Waals surface area contributed by atoms with E-state index in [2.05, 4.69) is 15.4 Å². The van der Waals surface area contributed by atoms with Gasteiger partial charge in [0.05, 0.1) is 0 Å². The van der Waals surface area contributed by atoms with Crippen molar-refractivity contribution in [3.05, 3.63) is 47.8 Å². The van der Waals surface area contributed by atoms with Crippen molar-refractivity contribution in [2.45, 2.75) is 32.8 Å². The maximum absolute atomic E-state index is 5.89. The molecule has 0 aliphatic rings. The first-order valence-electron chi connectivity index (χ1n) is 6.67. The minimum Gasteiger partial charge on any atom is -0.470 e. The van der Waals surface area contributed by atoms with Crippen molar-refractivity contribution in [2.24, 2.45) is 5.84 Å². The van der Waals surface area contributed by atoms with Crippen LogP contribution in [0.4, 0.5) is 5.82 Å². The molecular weight excluding hydrogens is 252 g/mol. The molecule has 2 rings (SSSR count). The molecule has 0 radical (unpaired) electrons. The van der Waals surface area contributed by atoms with Crippen LogP contribution in [0.1, 0.15) is 44.2 Å². The summed E-state index contributed by atoms with van der Waals surface area (Å²) in [5, 5.41) is 0. The van der Waals surface area contributed by atoms with Crippen LogP contribution in [0, 0.1) is 0 Å². The zero-order chi connectivity index (χ0) is 14.5. The van der Waals surface area contributed by atoms with Crippen molar-refractivity contribution in [3.63, 3.8) is 0 Å². The maximum atomic E-state index is 5.89. The van der Waals surface area contributed by atoms with Crippen LogP contribution in [-0.4, -0.2) is 9.97 Å². The molecule has 5 heteroatoms. The zero-order valence-corrected chi connectivity index (χ0v) is 12.0. The van der Waals surface area contributed by atoms with Gasteiger partial charge in [-0.1, -0.05) is 44.2 Å². The molecule has 1 unspecified atom stereocenters. The summed E-state index contributed by atoms with van der Waals surface area (Å²) in [6, 6.07) is 11.7. The highest BCUT2D eigenvalue weighted by Crippen LogP contribution is 2.23. The highest BCUT2D eigenvalue weighted by Gasteiger charge is 2.12. The van der Waals surface area contributed by atoms with Crippen molar-refractivity contribution >= 4 is 5.82 Å². The first-order chi connectivity index (χ1) is 9.60. The largest absolute Gasteiger partial charge is 0.470 e. The van der Waals surface area contributed by atoms with Gasteiger partial charge in [0.25, 0.3) is 0 Å². The van der Waals surface area contributed by atoms with Gasteiger partial charge in [-0.25, -0.2) is 10.8 Å². The number of anilines is 1. The molecule has 2 aromatic rings. The van der Waals surface area contributed by atoms with Gasteiger partial charge in [-0.15, -0.1) is 0 Å². The second-order valence-electron chi connectivity index (χ2n) is 4.92. The van der Waals surface area contributed by atoms with E-state index in [1.807, 2.05) is 51.1 Å². The SMILES string of the molecule is CC(C)c1nc(NN)cc(OC(C)c2ccccc2)n1. The normalized spacial score (nSPS) is 12.2. The Bertz CT molecular complexity index is 557. The van der Waals surface area contributed by atoms with Crippen LogP contribution in [0.25, 0.3) is 0 Å². The number of rotatable bonds is 5. The van der Waals surface area contributed by atoms with Crippen molar-refractivity contribution < 1.29 is 4.74 Å². The Kier molecular flexibility index (Phi) is 4.53.